The van der Waals surface area contributed by atoms with E-state index in [-0.39, 0.29) is 0 Å². The number of pyridine rings is 1. The molecule has 1 heterocycles. The Hall–Kier alpha value is -0.740. The fourth-order valence-corrected chi connectivity index (χ4v) is 1.77. The van der Waals surface area contributed by atoms with Crippen molar-refractivity contribution < 1.29 is 4.74 Å². The normalized spacial score (nSPS) is 10.5. The molecular formula is C11H18N2OS. The molecule has 0 unspecified atom stereocenters. The Morgan fingerprint density at radius 3 is 2.93 bits per heavy atom. The van der Waals surface area contributed by atoms with Gasteiger partial charge in [-0.05, 0) is 18.6 Å². The molecule has 1 rings (SSSR count). The number of aromatic nitrogens is 1. The third-order valence-corrected chi connectivity index (χ3v) is 2.84. The molecule has 0 aliphatic carbocycles. The molecule has 84 valence electrons. The van der Waals surface area contributed by atoms with Crippen molar-refractivity contribution in [3.63, 3.8) is 0 Å². The molecule has 1 aromatic heterocycles. The van der Waals surface area contributed by atoms with Gasteiger partial charge in [0.25, 0.3) is 0 Å². The molecule has 0 aliphatic heterocycles. The largest absolute Gasteiger partial charge is 0.384 e. The molecule has 0 amide bonds. The van der Waals surface area contributed by atoms with Gasteiger partial charge < -0.3 is 10.5 Å². The van der Waals surface area contributed by atoms with E-state index in [0.29, 0.717) is 5.82 Å². The number of hydrogen-bond acceptors (Lipinski definition) is 4. The number of nitrogens with two attached hydrogens (primary N) is 1. The highest BCUT2D eigenvalue weighted by Gasteiger charge is 1.94. The van der Waals surface area contributed by atoms with Crippen molar-refractivity contribution in [2.45, 2.75) is 24.7 Å². The lowest BCUT2D eigenvalue weighted by molar-refractivity contribution is 0.147. The molecule has 2 N–H and O–H groups in total. The van der Waals surface area contributed by atoms with E-state index < -0.39 is 0 Å². The average Bonchev–Trinajstić information content (AvgIpc) is 2.26. The first kappa shape index (κ1) is 12.3. The summed E-state index contributed by atoms with van der Waals surface area (Å²) in [4.78, 5) is 5.17. The van der Waals surface area contributed by atoms with Crippen LogP contribution in [-0.4, -0.2) is 24.0 Å². The number of ether oxygens (including phenoxy) is 1. The van der Waals surface area contributed by atoms with Gasteiger partial charge in [0.1, 0.15) is 5.82 Å². The van der Waals surface area contributed by atoms with Crippen LogP contribution in [0, 0.1) is 0 Å². The topological polar surface area (TPSA) is 48.1 Å². The predicted molar refractivity (Wildman–Crippen MR) is 65.1 cm³/mol. The molecule has 3 nitrogen and oxygen atoms in total. The van der Waals surface area contributed by atoms with E-state index in [9.17, 15) is 0 Å². The van der Waals surface area contributed by atoms with E-state index in [0.717, 1.165) is 30.3 Å². The van der Waals surface area contributed by atoms with Gasteiger partial charge in [-0.2, -0.15) is 0 Å². The van der Waals surface area contributed by atoms with Gasteiger partial charge in [-0.25, -0.2) is 4.98 Å². The van der Waals surface area contributed by atoms with Crippen LogP contribution in [0.5, 0.6) is 0 Å². The zero-order valence-corrected chi connectivity index (χ0v) is 9.93. The Morgan fingerprint density at radius 2 is 2.27 bits per heavy atom. The first-order valence-corrected chi connectivity index (χ1v) is 6.23. The first-order valence-electron chi connectivity index (χ1n) is 5.25. The fourth-order valence-electron chi connectivity index (χ4n) is 1.04. The first-order chi connectivity index (χ1) is 7.33. The summed E-state index contributed by atoms with van der Waals surface area (Å²) in [6.45, 7) is 3.84. The maximum absolute atomic E-state index is 5.49. The molecular weight excluding hydrogens is 208 g/mol. The van der Waals surface area contributed by atoms with Crippen molar-refractivity contribution >= 4 is 17.6 Å². The van der Waals surface area contributed by atoms with Gasteiger partial charge in [0.15, 0.2) is 0 Å². The lowest BCUT2D eigenvalue weighted by atomic mass is 10.4. The summed E-state index contributed by atoms with van der Waals surface area (Å²) in [7, 11) is 0. The van der Waals surface area contributed by atoms with E-state index in [2.05, 4.69) is 11.9 Å². The van der Waals surface area contributed by atoms with Crippen molar-refractivity contribution in [3.8, 4) is 0 Å². The molecule has 1 aromatic rings. The van der Waals surface area contributed by atoms with Crippen molar-refractivity contribution in [1.82, 2.24) is 4.98 Å². The van der Waals surface area contributed by atoms with Crippen LogP contribution in [0.25, 0.3) is 0 Å². The number of nitrogen functional groups attached to an aromatic ring is 1. The molecule has 0 saturated carbocycles. The molecule has 0 spiro atoms. The SMILES string of the molecule is CCCCOCCSc1ccc(N)nc1. The smallest absolute Gasteiger partial charge is 0.123 e. The molecule has 4 heteroatoms. The minimum atomic E-state index is 0.568. The molecule has 0 atom stereocenters. The van der Waals surface area contributed by atoms with Gasteiger partial charge in [0.2, 0.25) is 0 Å². The van der Waals surface area contributed by atoms with E-state index >= 15 is 0 Å². The maximum Gasteiger partial charge on any atom is 0.123 e. The second kappa shape index (κ2) is 7.54. The lowest BCUT2D eigenvalue weighted by Crippen LogP contribution is -1.98. The summed E-state index contributed by atoms with van der Waals surface area (Å²) < 4.78 is 5.45. The molecule has 0 saturated heterocycles. The maximum atomic E-state index is 5.49. The Bertz CT molecular complexity index is 264. The number of hydrogen-bond donors (Lipinski definition) is 1. The van der Waals surface area contributed by atoms with Crippen LogP contribution in [0.15, 0.2) is 23.2 Å². The van der Waals surface area contributed by atoms with E-state index in [4.69, 9.17) is 10.5 Å². The highest BCUT2D eigenvalue weighted by Crippen LogP contribution is 2.16. The minimum Gasteiger partial charge on any atom is -0.384 e. The van der Waals surface area contributed by atoms with E-state index in [1.165, 1.54) is 6.42 Å². The van der Waals surface area contributed by atoms with Gasteiger partial charge in [0, 0.05) is 23.5 Å². The fraction of sp³-hybridized carbons (Fsp3) is 0.545. The Morgan fingerprint density at radius 1 is 1.40 bits per heavy atom. The van der Waals surface area contributed by atoms with Crippen LogP contribution in [0.2, 0.25) is 0 Å². The summed E-state index contributed by atoms with van der Waals surface area (Å²) in [5.74, 6) is 1.54. The molecule has 0 bridgehead atoms. The standard InChI is InChI=1S/C11H18N2OS/c1-2-3-6-14-7-8-15-10-4-5-11(12)13-9-10/h4-5,9H,2-3,6-8H2,1H3,(H2,12,13). The van der Waals surface area contributed by atoms with Gasteiger partial charge in [-0.1, -0.05) is 13.3 Å². The Kier molecular flexibility index (Phi) is 6.20. The van der Waals surface area contributed by atoms with Gasteiger partial charge in [-0.15, -0.1) is 11.8 Å². The number of thioether (sulfide) groups is 1. The van der Waals surface area contributed by atoms with Crippen LogP contribution in [-0.2, 0) is 4.74 Å². The minimum absolute atomic E-state index is 0.568. The third kappa shape index (κ3) is 5.64. The quantitative estimate of drug-likeness (QED) is 0.573. The average molecular weight is 226 g/mol. The van der Waals surface area contributed by atoms with E-state index in [1.807, 2.05) is 12.1 Å². The summed E-state index contributed by atoms with van der Waals surface area (Å²) in [6, 6.07) is 3.80. The number of unbranched alkanes of at least 4 members (excludes halogenated alkanes) is 1. The zero-order chi connectivity index (χ0) is 10.9. The summed E-state index contributed by atoms with van der Waals surface area (Å²) >= 11 is 1.74. The van der Waals surface area contributed by atoms with E-state index in [1.54, 1.807) is 18.0 Å². The third-order valence-electron chi connectivity index (χ3n) is 1.90. The number of anilines is 1. The van der Waals surface area contributed by atoms with Gasteiger partial charge >= 0.3 is 0 Å². The highest BCUT2D eigenvalue weighted by atomic mass is 32.2. The van der Waals surface area contributed by atoms with Crippen molar-refractivity contribution in [3.05, 3.63) is 18.3 Å². The molecule has 0 aliphatic rings. The van der Waals surface area contributed by atoms with Crippen LogP contribution in [0.1, 0.15) is 19.8 Å². The van der Waals surface area contributed by atoms with Crippen LogP contribution < -0.4 is 5.73 Å². The Labute approximate surface area is 95.4 Å². The molecule has 0 aromatic carbocycles. The van der Waals surface area contributed by atoms with Gasteiger partial charge in [-0.3, -0.25) is 0 Å². The van der Waals surface area contributed by atoms with Crippen LogP contribution in [0.4, 0.5) is 5.82 Å². The highest BCUT2D eigenvalue weighted by molar-refractivity contribution is 7.99. The monoisotopic (exact) mass is 226 g/mol. The Balaban J connectivity index is 2.07. The molecule has 0 fully saturated rings. The summed E-state index contributed by atoms with van der Waals surface area (Å²) in [6.07, 6.45) is 4.13. The van der Waals surface area contributed by atoms with Crippen molar-refractivity contribution in [2.75, 3.05) is 24.7 Å². The molecule has 0 radical (unpaired) electrons. The second-order valence-corrected chi connectivity index (χ2v) is 4.40. The van der Waals surface area contributed by atoms with Crippen LogP contribution in [0.3, 0.4) is 0 Å². The van der Waals surface area contributed by atoms with Crippen molar-refractivity contribution in [2.24, 2.45) is 0 Å². The van der Waals surface area contributed by atoms with Crippen molar-refractivity contribution in [1.29, 1.82) is 0 Å². The summed E-state index contributed by atoms with van der Waals surface area (Å²) in [5, 5.41) is 0. The zero-order valence-electron chi connectivity index (χ0n) is 9.11. The summed E-state index contributed by atoms with van der Waals surface area (Å²) in [5.41, 5.74) is 5.49. The molecule has 15 heavy (non-hydrogen) atoms. The number of nitrogens with zero attached hydrogens (tertiary/aromatic N) is 1. The second-order valence-electron chi connectivity index (χ2n) is 3.23. The van der Waals surface area contributed by atoms with Crippen LogP contribution >= 0.6 is 11.8 Å². The predicted octanol–water partition coefficient (Wildman–Crippen LogP) is 2.57. The van der Waals surface area contributed by atoms with Gasteiger partial charge in [0.05, 0.1) is 6.61 Å². The number of rotatable bonds is 7. The lowest BCUT2D eigenvalue weighted by Gasteiger charge is -2.03.